The van der Waals surface area contributed by atoms with Crippen LogP contribution in [0.25, 0.3) is 5.82 Å². The zero-order chi connectivity index (χ0) is 22.7. The van der Waals surface area contributed by atoms with Crippen LogP contribution in [-0.4, -0.2) is 53.3 Å². The molecule has 4 aliphatic rings. The number of allylic oxidation sites excluding steroid dienone is 2. The molecule has 3 aliphatic carbocycles. The van der Waals surface area contributed by atoms with Crippen molar-refractivity contribution in [1.82, 2.24) is 19.5 Å². The summed E-state index contributed by atoms with van der Waals surface area (Å²) in [6.07, 6.45) is 6.51. The Morgan fingerprint density at radius 2 is 2.12 bits per heavy atom. The number of nitrogens with one attached hydrogen (secondary N) is 1. The summed E-state index contributed by atoms with van der Waals surface area (Å²) in [4.78, 5) is 16.6. The van der Waals surface area contributed by atoms with E-state index in [1.54, 1.807) is 12.3 Å². The number of carbonyl (C=O) groups is 1. The van der Waals surface area contributed by atoms with Crippen LogP contribution < -0.4 is 9.46 Å². The van der Waals surface area contributed by atoms with Crippen LogP contribution in [0.15, 0.2) is 40.1 Å². The van der Waals surface area contributed by atoms with Gasteiger partial charge in [-0.3, -0.25) is 4.79 Å². The van der Waals surface area contributed by atoms with Crippen LogP contribution in [0.2, 0.25) is 5.15 Å². The van der Waals surface area contributed by atoms with Crippen molar-refractivity contribution in [2.45, 2.75) is 26.2 Å². The van der Waals surface area contributed by atoms with Gasteiger partial charge in [-0.1, -0.05) is 16.3 Å². The van der Waals surface area contributed by atoms with Gasteiger partial charge in [-0.2, -0.15) is 0 Å². The molecule has 2 aromatic rings. The number of rotatable bonds is 7. The lowest BCUT2D eigenvalue weighted by Gasteiger charge is -2.61. The monoisotopic (exact) mass is 475 g/mol. The number of hydrogen-bond acceptors (Lipinski definition) is 7. The van der Waals surface area contributed by atoms with E-state index in [0.717, 1.165) is 16.8 Å². The molecule has 32 heavy (non-hydrogen) atoms. The average Bonchev–Trinajstić information content (AvgIpc) is 3.26. The van der Waals surface area contributed by atoms with Gasteiger partial charge in [0.1, 0.15) is 11.4 Å². The van der Waals surface area contributed by atoms with E-state index in [-0.39, 0.29) is 21.3 Å². The Balaban J connectivity index is 1.28. The molecule has 6 rings (SSSR count). The second-order valence-corrected chi connectivity index (χ2v) is 10.4. The molecular formula is C20H20ClN6O4S+. The first kappa shape index (κ1) is 20.8. The van der Waals surface area contributed by atoms with Crippen molar-refractivity contribution in [1.29, 1.82) is 0 Å². The second kappa shape index (κ2) is 7.24. The van der Waals surface area contributed by atoms with E-state index in [1.165, 1.54) is 43.0 Å². The normalized spacial score (nSPS) is 23.7. The van der Waals surface area contributed by atoms with Gasteiger partial charge < -0.3 is 4.74 Å². The number of ether oxygens (including phenoxy) is 1. The summed E-state index contributed by atoms with van der Waals surface area (Å²) in [6.45, 7) is 5.75. The lowest BCUT2D eigenvalue weighted by atomic mass is 9.45. The second-order valence-electron chi connectivity index (χ2n) is 8.40. The number of pyridine rings is 1. The number of sulfonamides is 1. The van der Waals surface area contributed by atoms with Crippen LogP contribution in [0.1, 0.15) is 36.5 Å². The van der Waals surface area contributed by atoms with Gasteiger partial charge in [0.25, 0.3) is 15.9 Å². The molecule has 0 atom stereocenters. The Morgan fingerprint density at radius 3 is 2.72 bits per heavy atom. The van der Waals surface area contributed by atoms with Crippen LogP contribution in [0.4, 0.5) is 0 Å². The molecule has 0 saturated heterocycles. The summed E-state index contributed by atoms with van der Waals surface area (Å²) in [7, 11) is -4.15. The largest absolute Gasteiger partial charge is 0.476 e. The van der Waals surface area contributed by atoms with E-state index in [9.17, 15) is 13.2 Å². The molecule has 2 aromatic heterocycles. The van der Waals surface area contributed by atoms with Crippen molar-refractivity contribution in [3.8, 4) is 11.7 Å². The molecule has 0 spiro atoms. The number of halogens is 1. The molecule has 1 N–H and O–H groups in total. The number of aromatic nitrogens is 3. The third-order valence-electron chi connectivity index (χ3n) is 6.14. The van der Waals surface area contributed by atoms with Crippen molar-refractivity contribution in [3.05, 3.63) is 45.7 Å². The topological polar surface area (TPSA) is 119 Å². The van der Waals surface area contributed by atoms with E-state index in [1.807, 2.05) is 4.72 Å². The molecule has 166 valence electrons. The van der Waals surface area contributed by atoms with Gasteiger partial charge >= 0.3 is 0 Å². The molecule has 10 nitrogen and oxygen atoms in total. The number of nitrogens with zero attached hydrogens (tertiary/aromatic N) is 5. The summed E-state index contributed by atoms with van der Waals surface area (Å²) in [5.74, 6) is 0.831. The molecule has 1 aliphatic heterocycles. The van der Waals surface area contributed by atoms with Crippen molar-refractivity contribution in [2.24, 2.45) is 16.4 Å². The summed E-state index contributed by atoms with van der Waals surface area (Å²) in [5, 5.41) is 7.97. The fourth-order valence-electron chi connectivity index (χ4n) is 4.22. The SMILES string of the molecule is C=[N+]1N=CC(S(=O)(=O)NC(=O)c2ccc(-n3ccc(OCC45CC(C4)C5)n3)nc2Cl)=C1C. The molecule has 0 aromatic carbocycles. The highest BCUT2D eigenvalue weighted by atomic mass is 35.5. The van der Waals surface area contributed by atoms with Crippen LogP contribution in [-0.2, 0) is 10.0 Å². The smallest absolute Gasteiger partial charge is 0.272 e. The van der Waals surface area contributed by atoms with Crippen LogP contribution in [0, 0.1) is 11.3 Å². The Morgan fingerprint density at radius 1 is 1.38 bits per heavy atom. The minimum atomic E-state index is -4.15. The van der Waals surface area contributed by atoms with Gasteiger partial charge in [-0.15, -0.1) is 5.10 Å². The van der Waals surface area contributed by atoms with Crippen molar-refractivity contribution in [3.63, 3.8) is 0 Å². The minimum absolute atomic E-state index is 0.0917. The predicted molar refractivity (Wildman–Crippen MR) is 117 cm³/mol. The van der Waals surface area contributed by atoms with Gasteiger partial charge in [-0.25, -0.2) is 22.8 Å². The summed E-state index contributed by atoms with van der Waals surface area (Å²) in [6, 6.07) is 4.64. The van der Waals surface area contributed by atoms with Crippen molar-refractivity contribution >= 4 is 40.5 Å². The quantitative estimate of drug-likeness (QED) is 0.484. The fourth-order valence-corrected chi connectivity index (χ4v) is 5.60. The fraction of sp³-hybridized carbons (Fsp3) is 0.350. The van der Waals surface area contributed by atoms with Gasteiger partial charge in [0.05, 0.1) is 12.2 Å². The number of carbonyl (C=O) groups excluding carboxylic acids is 1. The Bertz CT molecular complexity index is 1310. The molecule has 12 heteroatoms. The zero-order valence-corrected chi connectivity index (χ0v) is 18.7. The molecule has 3 fully saturated rings. The van der Waals surface area contributed by atoms with Gasteiger partial charge in [0, 0.05) is 24.6 Å². The standard InChI is InChI=1S/C20H19ClN6O4S/c1-12-15(10-22-26(12)2)32(29,30)25-19(28)14-3-4-16(23-18(14)21)27-6-5-17(24-27)31-11-20-7-13(8-20)9-20/h3-6,10,13H,2,7-9,11H2,1H3/p+1. The first-order valence-corrected chi connectivity index (χ1v) is 11.8. The first-order chi connectivity index (χ1) is 15.2. The lowest BCUT2D eigenvalue weighted by molar-refractivity contribution is -0.468. The number of hydrogen-bond donors (Lipinski definition) is 1. The van der Waals surface area contributed by atoms with E-state index < -0.39 is 15.9 Å². The molecule has 3 saturated carbocycles. The van der Waals surface area contributed by atoms with Gasteiger partial charge in [0.15, 0.2) is 17.4 Å². The highest BCUT2D eigenvalue weighted by Gasteiger charge is 2.57. The predicted octanol–water partition coefficient (Wildman–Crippen LogP) is 2.10. The summed E-state index contributed by atoms with van der Waals surface area (Å²) in [5.41, 5.74) is 0.539. The van der Waals surface area contributed by atoms with E-state index in [0.29, 0.717) is 23.7 Å². The van der Waals surface area contributed by atoms with Crippen molar-refractivity contribution in [2.75, 3.05) is 6.61 Å². The van der Waals surface area contributed by atoms with Crippen molar-refractivity contribution < 1.29 is 22.6 Å². The molecular weight excluding hydrogens is 456 g/mol. The average molecular weight is 476 g/mol. The minimum Gasteiger partial charge on any atom is -0.476 e. The van der Waals surface area contributed by atoms with Crippen LogP contribution >= 0.6 is 11.6 Å². The highest BCUT2D eigenvalue weighted by molar-refractivity contribution is 7.94. The number of amides is 1. The molecule has 1 amide bonds. The molecule has 2 bridgehead atoms. The van der Waals surface area contributed by atoms with Gasteiger partial charge in [-0.05, 0) is 42.4 Å². The zero-order valence-electron chi connectivity index (χ0n) is 17.2. The molecule has 3 heterocycles. The summed E-state index contributed by atoms with van der Waals surface area (Å²) < 4.78 is 35.4. The maximum absolute atomic E-state index is 12.5. The van der Waals surface area contributed by atoms with E-state index in [4.69, 9.17) is 16.3 Å². The third-order valence-corrected chi connectivity index (χ3v) is 7.87. The highest BCUT2D eigenvalue weighted by Crippen LogP contribution is 2.64. The number of hydrazone groups is 1. The van der Waals surface area contributed by atoms with Crippen LogP contribution in [0.3, 0.4) is 0 Å². The Hall–Kier alpha value is -3.05. The Kier molecular flexibility index (Phi) is 4.71. The van der Waals surface area contributed by atoms with Gasteiger partial charge in [0.2, 0.25) is 11.6 Å². The lowest BCUT2D eigenvalue weighted by Crippen LogP contribution is -2.55. The summed E-state index contributed by atoms with van der Waals surface area (Å²) >= 11 is 6.18. The van der Waals surface area contributed by atoms with E-state index in [2.05, 4.69) is 21.9 Å². The first-order valence-electron chi connectivity index (χ1n) is 9.94. The Labute approximate surface area is 189 Å². The van der Waals surface area contributed by atoms with Crippen LogP contribution in [0.5, 0.6) is 5.88 Å². The maximum Gasteiger partial charge on any atom is 0.272 e. The third kappa shape index (κ3) is 3.51. The maximum atomic E-state index is 12.5. The molecule has 0 radical (unpaired) electrons. The van der Waals surface area contributed by atoms with E-state index >= 15 is 0 Å². The molecule has 0 unspecified atom stereocenters.